The Kier molecular flexibility index (Phi) is 3.47. The maximum Gasteiger partial charge on any atom is 0.328 e. The monoisotopic (exact) mass is 238 g/mol. The first-order chi connectivity index (χ1) is 8.15. The van der Waals surface area contributed by atoms with E-state index in [1.165, 1.54) is 7.11 Å². The minimum absolute atomic E-state index is 0.0919. The largest absolute Gasteiger partial charge is 0.467 e. The Morgan fingerprint density at radius 2 is 2.12 bits per heavy atom. The molecule has 0 spiro atoms. The standard InChI is InChI=1S/C12H18N2O3/c1-17-12(16)10-7-6-8-4-2-3-5-9(13)11(15)14(8)10/h2-3,8-10H,4-7,13H2,1H3/b3-2-/t8-,9-,10-/m0/s1. The molecule has 0 bridgehead atoms. The summed E-state index contributed by atoms with van der Waals surface area (Å²) in [6.45, 7) is 0. The number of hydrogen-bond donors (Lipinski definition) is 1. The highest BCUT2D eigenvalue weighted by molar-refractivity contribution is 5.88. The number of fused-ring (bicyclic) bond motifs is 1. The van der Waals surface area contributed by atoms with Crippen molar-refractivity contribution in [2.75, 3.05) is 7.11 Å². The van der Waals surface area contributed by atoms with E-state index in [1.807, 2.05) is 12.2 Å². The topological polar surface area (TPSA) is 72.6 Å². The molecule has 94 valence electrons. The predicted octanol–water partition coefficient (Wildman–Crippen LogP) is 0.196. The van der Waals surface area contributed by atoms with Crippen LogP contribution in [0.15, 0.2) is 12.2 Å². The number of carbonyl (C=O) groups excluding carboxylic acids is 2. The number of nitrogens with zero attached hydrogens (tertiary/aromatic N) is 1. The van der Waals surface area contributed by atoms with Crippen LogP contribution in [0.2, 0.25) is 0 Å². The lowest BCUT2D eigenvalue weighted by molar-refractivity contribution is -0.152. The van der Waals surface area contributed by atoms with Crippen LogP contribution in [-0.2, 0) is 14.3 Å². The molecule has 2 aliphatic heterocycles. The number of rotatable bonds is 1. The normalized spacial score (nSPS) is 34.8. The van der Waals surface area contributed by atoms with Crippen LogP contribution in [0.3, 0.4) is 0 Å². The highest BCUT2D eigenvalue weighted by Gasteiger charge is 2.42. The van der Waals surface area contributed by atoms with Crippen molar-refractivity contribution in [1.29, 1.82) is 0 Å². The van der Waals surface area contributed by atoms with Crippen molar-refractivity contribution in [2.45, 2.75) is 43.8 Å². The van der Waals surface area contributed by atoms with Crippen molar-refractivity contribution in [1.82, 2.24) is 4.90 Å². The van der Waals surface area contributed by atoms with Crippen LogP contribution in [0.1, 0.15) is 25.7 Å². The molecule has 5 heteroatoms. The fraction of sp³-hybridized carbons (Fsp3) is 0.667. The van der Waals surface area contributed by atoms with Gasteiger partial charge in [-0.1, -0.05) is 12.2 Å². The molecule has 0 aliphatic carbocycles. The van der Waals surface area contributed by atoms with Crippen molar-refractivity contribution in [3.8, 4) is 0 Å². The Hall–Kier alpha value is -1.36. The molecule has 1 amide bonds. The lowest BCUT2D eigenvalue weighted by Gasteiger charge is -2.31. The van der Waals surface area contributed by atoms with Gasteiger partial charge >= 0.3 is 5.97 Å². The molecule has 2 aliphatic rings. The molecule has 2 rings (SSSR count). The van der Waals surface area contributed by atoms with Gasteiger partial charge in [0.25, 0.3) is 0 Å². The molecule has 0 saturated carbocycles. The van der Waals surface area contributed by atoms with Gasteiger partial charge in [-0.25, -0.2) is 4.79 Å². The van der Waals surface area contributed by atoms with Crippen LogP contribution in [0, 0.1) is 0 Å². The highest BCUT2D eigenvalue weighted by atomic mass is 16.5. The van der Waals surface area contributed by atoms with Crippen LogP contribution in [0.4, 0.5) is 0 Å². The number of methoxy groups -OCH3 is 1. The van der Waals surface area contributed by atoms with Gasteiger partial charge in [0.1, 0.15) is 6.04 Å². The summed E-state index contributed by atoms with van der Waals surface area (Å²) >= 11 is 0. The van der Waals surface area contributed by atoms with Gasteiger partial charge in [0.15, 0.2) is 0 Å². The third-order valence-electron chi connectivity index (χ3n) is 3.51. The summed E-state index contributed by atoms with van der Waals surface area (Å²) in [5.74, 6) is -0.468. The van der Waals surface area contributed by atoms with Crippen molar-refractivity contribution >= 4 is 11.9 Å². The van der Waals surface area contributed by atoms with E-state index >= 15 is 0 Å². The number of carbonyl (C=O) groups is 2. The molecule has 0 aromatic carbocycles. The van der Waals surface area contributed by atoms with E-state index in [-0.39, 0.29) is 17.9 Å². The molecule has 3 atom stereocenters. The van der Waals surface area contributed by atoms with E-state index in [9.17, 15) is 9.59 Å². The van der Waals surface area contributed by atoms with Gasteiger partial charge in [-0.2, -0.15) is 0 Å². The molecule has 0 unspecified atom stereocenters. The summed E-state index contributed by atoms with van der Waals surface area (Å²) in [5, 5.41) is 0. The fourth-order valence-electron chi connectivity index (χ4n) is 2.60. The third kappa shape index (κ3) is 2.20. The molecule has 1 saturated heterocycles. The van der Waals surface area contributed by atoms with Gasteiger partial charge in [-0.05, 0) is 25.7 Å². The number of esters is 1. The number of ether oxygens (including phenoxy) is 1. The van der Waals surface area contributed by atoms with E-state index in [0.29, 0.717) is 12.8 Å². The molecule has 1 fully saturated rings. The van der Waals surface area contributed by atoms with Gasteiger partial charge in [-0.3, -0.25) is 4.79 Å². The average Bonchev–Trinajstić information content (AvgIpc) is 2.74. The zero-order valence-corrected chi connectivity index (χ0v) is 9.96. The second-order valence-corrected chi connectivity index (χ2v) is 4.56. The number of nitrogens with two attached hydrogens (primary N) is 1. The SMILES string of the molecule is COC(=O)[C@@H]1CC[C@@H]2C/C=C\C[C@H](N)C(=O)N21. The number of hydrogen-bond acceptors (Lipinski definition) is 4. The summed E-state index contributed by atoms with van der Waals surface area (Å²) in [5.41, 5.74) is 5.81. The van der Waals surface area contributed by atoms with Crippen LogP contribution >= 0.6 is 0 Å². The van der Waals surface area contributed by atoms with Gasteiger partial charge < -0.3 is 15.4 Å². The van der Waals surface area contributed by atoms with E-state index in [4.69, 9.17) is 10.5 Å². The lowest BCUT2D eigenvalue weighted by Crippen LogP contribution is -2.52. The Bertz CT molecular complexity index is 354. The van der Waals surface area contributed by atoms with Crippen LogP contribution in [0.5, 0.6) is 0 Å². The summed E-state index contributed by atoms with van der Waals surface area (Å²) in [4.78, 5) is 25.5. The van der Waals surface area contributed by atoms with Crippen molar-refractivity contribution in [3.05, 3.63) is 12.2 Å². The number of amides is 1. The van der Waals surface area contributed by atoms with Gasteiger partial charge in [-0.15, -0.1) is 0 Å². The Morgan fingerprint density at radius 3 is 2.82 bits per heavy atom. The fourth-order valence-corrected chi connectivity index (χ4v) is 2.60. The summed E-state index contributed by atoms with van der Waals surface area (Å²) < 4.78 is 4.75. The lowest BCUT2D eigenvalue weighted by atomic mass is 10.1. The van der Waals surface area contributed by atoms with Crippen LogP contribution in [-0.4, -0.2) is 42.0 Å². The smallest absolute Gasteiger partial charge is 0.328 e. The van der Waals surface area contributed by atoms with Gasteiger partial charge in [0.2, 0.25) is 5.91 Å². The van der Waals surface area contributed by atoms with E-state index < -0.39 is 12.1 Å². The first kappa shape index (κ1) is 12.1. The van der Waals surface area contributed by atoms with Gasteiger partial charge in [0.05, 0.1) is 13.2 Å². The summed E-state index contributed by atoms with van der Waals surface area (Å²) in [6.07, 6.45) is 6.84. The summed E-state index contributed by atoms with van der Waals surface area (Å²) in [7, 11) is 1.35. The molecule has 17 heavy (non-hydrogen) atoms. The minimum Gasteiger partial charge on any atom is -0.467 e. The second kappa shape index (κ2) is 4.87. The molecule has 2 N–H and O–H groups in total. The molecule has 0 aromatic heterocycles. The molecule has 0 aromatic rings. The maximum atomic E-state index is 12.2. The van der Waals surface area contributed by atoms with E-state index in [1.54, 1.807) is 4.90 Å². The van der Waals surface area contributed by atoms with Crippen LogP contribution in [0.25, 0.3) is 0 Å². The molecule has 2 heterocycles. The Morgan fingerprint density at radius 1 is 1.41 bits per heavy atom. The van der Waals surface area contributed by atoms with Crippen molar-refractivity contribution in [2.24, 2.45) is 5.73 Å². The second-order valence-electron chi connectivity index (χ2n) is 4.56. The summed E-state index contributed by atoms with van der Waals surface area (Å²) in [6, 6.07) is -0.899. The predicted molar refractivity (Wildman–Crippen MR) is 62.0 cm³/mol. The highest BCUT2D eigenvalue weighted by Crippen LogP contribution is 2.29. The molecule has 5 nitrogen and oxygen atoms in total. The van der Waals surface area contributed by atoms with Crippen molar-refractivity contribution in [3.63, 3.8) is 0 Å². The van der Waals surface area contributed by atoms with Gasteiger partial charge in [0, 0.05) is 6.04 Å². The zero-order chi connectivity index (χ0) is 12.4. The van der Waals surface area contributed by atoms with E-state index in [0.717, 1.165) is 12.8 Å². The zero-order valence-electron chi connectivity index (χ0n) is 9.96. The third-order valence-corrected chi connectivity index (χ3v) is 3.51. The minimum atomic E-state index is -0.542. The maximum absolute atomic E-state index is 12.2. The van der Waals surface area contributed by atoms with Crippen molar-refractivity contribution < 1.29 is 14.3 Å². The first-order valence-electron chi connectivity index (χ1n) is 5.95. The first-order valence-corrected chi connectivity index (χ1v) is 5.95. The van der Waals surface area contributed by atoms with E-state index in [2.05, 4.69) is 0 Å². The Labute approximate surface area is 101 Å². The molecular formula is C12H18N2O3. The average molecular weight is 238 g/mol. The quantitative estimate of drug-likeness (QED) is 0.523. The molecular weight excluding hydrogens is 220 g/mol. The molecule has 0 radical (unpaired) electrons. The Balaban J connectivity index is 2.24. The van der Waals surface area contributed by atoms with Crippen LogP contribution < -0.4 is 5.73 Å².